The Morgan fingerprint density at radius 2 is 1.82 bits per heavy atom. The molecule has 0 radical (unpaired) electrons. The Morgan fingerprint density at radius 1 is 1.06 bits per heavy atom. The fourth-order valence-electron chi connectivity index (χ4n) is 4.16. The highest BCUT2D eigenvalue weighted by Crippen LogP contribution is 2.33. The number of aryl methyl sites for hydroxylation is 1. The lowest BCUT2D eigenvalue weighted by Crippen LogP contribution is -2.34. The van der Waals surface area contributed by atoms with E-state index in [4.69, 9.17) is 0 Å². The van der Waals surface area contributed by atoms with Crippen molar-refractivity contribution >= 4 is 17.1 Å². The topological polar surface area (TPSA) is 50.5 Å². The third-order valence-corrected chi connectivity index (χ3v) is 5.74. The molecule has 0 atom stereocenters. The van der Waals surface area contributed by atoms with Crippen LogP contribution in [0.1, 0.15) is 28.0 Å². The summed E-state index contributed by atoms with van der Waals surface area (Å²) < 4.78 is 55.3. The molecule has 9 heteroatoms. The first-order chi connectivity index (χ1) is 15.8. The summed E-state index contributed by atoms with van der Waals surface area (Å²) in [7, 11) is 0. The van der Waals surface area contributed by atoms with Crippen molar-refractivity contribution in [1.29, 1.82) is 0 Å². The maximum Gasteiger partial charge on any atom is 0.433 e. The minimum atomic E-state index is -4.73. The van der Waals surface area contributed by atoms with Crippen LogP contribution >= 0.6 is 0 Å². The van der Waals surface area contributed by atoms with Crippen molar-refractivity contribution in [2.45, 2.75) is 19.0 Å². The number of alkyl halides is 3. The molecule has 2 aromatic carbocycles. The van der Waals surface area contributed by atoms with Gasteiger partial charge in [-0.3, -0.25) is 4.79 Å². The number of halogens is 4. The molecule has 0 bridgehead atoms. The standard InChI is InChI=1S/C24H18F4N4O/c25-17-9-7-15(8-10-17)19-12-22(24(26,27)28)32-23(30-19)18(13-29-32)21(33)14-31-11-3-5-16-4-1-2-6-20(16)31/h1-2,4,6-10,12-13H,3,5,11,14H2. The molecule has 4 aromatic rings. The number of carbonyl (C=O) groups excluding carboxylic acids is 1. The molecule has 1 aliphatic rings. The first kappa shape index (κ1) is 21.1. The third-order valence-electron chi connectivity index (χ3n) is 5.74. The quantitative estimate of drug-likeness (QED) is 0.315. The van der Waals surface area contributed by atoms with Gasteiger partial charge in [0.1, 0.15) is 5.82 Å². The Morgan fingerprint density at radius 3 is 2.58 bits per heavy atom. The van der Waals surface area contributed by atoms with Crippen LogP contribution in [0, 0.1) is 5.82 Å². The zero-order valence-electron chi connectivity index (χ0n) is 17.3. The Kier molecular flexibility index (Phi) is 5.11. The van der Waals surface area contributed by atoms with Gasteiger partial charge in [0, 0.05) is 17.8 Å². The number of rotatable bonds is 4. The molecule has 33 heavy (non-hydrogen) atoms. The molecule has 1 aliphatic heterocycles. The van der Waals surface area contributed by atoms with E-state index in [0.29, 0.717) is 16.6 Å². The van der Waals surface area contributed by atoms with Crippen LogP contribution in [0.25, 0.3) is 16.9 Å². The molecule has 0 amide bonds. The van der Waals surface area contributed by atoms with E-state index in [0.717, 1.165) is 48.5 Å². The summed E-state index contributed by atoms with van der Waals surface area (Å²) in [6, 6.07) is 13.6. The second-order valence-electron chi connectivity index (χ2n) is 7.90. The number of ketones is 1. The Balaban J connectivity index is 1.57. The summed E-state index contributed by atoms with van der Waals surface area (Å²) in [6.45, 7) is 0.673. The van der Waals surface area contributed by atoms with Crippen LogP contribution in [0.15, 0.2) is 60.8 Å². The van der Waals surface area contributed by atoms with Crippen molar-refractivity contribution in [3.05, 3.63) is 83.4 Å². The number of hydrogen-bond donors (Lipinski definition) is 0. The van der Waals surface area contributed by atoms with Crippen LogP contribution in [0.2, 0.25) is 0 Å². The largest absolute Gasteiger partial charge is 0.433 e. The number of aromatic nitrogens is 3. The summed E-state index contributed by atoms with van der Waals surface area (Å²) in [4.78, 5) is 19.4. The van der Waals surface area contributed by atoms with Gasteiger partial charge in [0.2, 0.25) is 0 Å². The highest BCUT2D eigenvalue weighted by molar-refractivity contribution is 6.04. The van der Waals surface area contributed by atoms with E-state index < -0.39 is 17.7 Å². The molecule has 5 rings (SSSR count). The van der Waals surface area contributed by atoms with E-state index in [1.54, 1.807) is 0 Å². The van der Waals surface area contributed by atoms with Gasteiger partial charge in [-0.05, 0) is 54.8 Å². The smallest absolute Gasteiger partial charge is 0.364 e. The first-order valence-electron chi connectivity index (χ1n) is 10.4. The maximum atomic E-state index is 13.8. The second-order valence-corrected chi connectivity index (χ2v) is 7.90. The zero-order chi connectivity index (χ0) is 23.2. The third kappa shape index (κ3) is 3.94. The van der Waals surface area contributed by atoms with E-state index >= 15 is 0 Å². The monoisotopic (exact) mass is 454 g/mol. The van der Waals surface area contributed by atoms with Gasteiger partial charge in [0.15, 0.2) is 17.1 Å². The summed E-state index contributed by atoms with van der Waals surface area (Å²) in [5, 5.41) is 3.83. The summed E-state index contributed by atoms with van der Waals surface area (Å²) in [6.07, 6.45) is -1.81. The van der Waals surface area contributed by atoms with Gasteiger partial charge in [-0.2, -0.15) is 18.3 Å². The van der Waals surface area contributed by atoms with E-state index in [-0.39, 0.29) is 29.2 Å². The number of para-hydroxylation sites is 1. The van der Waals surface area contributed by atoms with Gasteiger partial charge in [-0.25, -0.2) is 13.9 Å². The van der Waals surface area contributed by atoms with Crippen molar-refractivity contribution in [3.63, 3.8) is 0 Å². The van der Waals surface area contributed by atoms with Crippen LogP contribution in [-0.4, -0.2) is 33.5 Å². The van der Waals surface area contributed by atoms with Gasteiger partial charge < -0.3 is 4.90 Å². The number of Topliss-reactive ketones (excluding diaryl/α,β-unsaturated/α-hetero) is 1. The lowest BCUT2D eigenvalue weighted by Gasteiger charge is -2.30. The molecular formula is C24H18F4N4O. The molecule has 0 N–H and O–H groups in total. The normalized spacial score (nSPS) is 13.9. The Labute approximate surface area is 186 Å². The van der Waals surface area contributed by atoms with Crippen molar-refractivity contribution < 1.29 is 22.4 Å². The molecule has 5 nitrogen and oxygen atoms in total. The summed E-state index contributed by atoms with van der Waals surface area (Å²) in [5.74, 6) is -0.892. The molecule has 0 saturated heterocycles. The zero-order valence-corrected chi connectivity index (χ0v) is 17.3. The lowest BCUT2D eigenvalue weighted by atomic mass is 10.0. The van der Waals surface area contributed by atoms with Crippen LogP contribution in [0.4, 0.5) is 23.2 Å². The van der Waals surface area contributed by atoms with E-state index in [2.05, 4.69) is 10.1 Å². The minimum absolute atomic E-state index is 0.00216. The summed E-state index contributed by atoms with van der Waals surface area (Å²) in [5.41, 5.74) is 1.12. The number of fused-ring (bicyclic) bond motifs is 2. The van der Waals surface area contributed by atoms with Crippen molar-refractivity contribution in [3.8, 4) is 11.3 Å². The maximum absolute atomic E-state index is 13.8. The van der Waals surface area contributed by atoms with E-state index in [9.17, 15) is 22.4 Å². The predicted molar refractivity (Wildman–Crippen MR) is 115 cm³/mol. The fraction of sp³-hybridized carbons (Fsp3) is 0.208. The number of anilines is 1. The van der Waals surface area contributed by atoms with Crippen molar-refractivity contribution in [1.82, 2.24) is 14.6 Å². The molecule has 0 unspecified atom stereocenters. The van der Waals surface area contributed by atoms with E-state index in [1.807, 2.05) is 29.2 Å². The van der Waals surface area contributed by atoms with Crippen LogP contribution in [0.5, 0.6) is 0 Å². The van der Waals surface area contributed by atoms with Crippen LogP contribution in [0.3, 0.4) is 0 Å². The first-order valence-corrected chi connectivity index (χ1v) is 10.4. The minimum Gasteiger partial charge on any atom is -0.364 e. The van der Waals surface area contributed by atoms with Gasteiger partial charge in [0.25, 0.3) is 0 Å². The Hall–Kier alpha value is -3.75. The van der Waals surface area contributed by atoms with Crippen molar-refractivity contribution in [2.24, 2.45) is 0 Å². The average Bonchev–Trinajstić information content (AvgIpc) is 3.22. The average molecular weight is 454 g/mol. The lowest BCUT2D eigenvalue weighted by molar-refractivity contribution is -0.142. The molecule has 0 spiro atoms. The molecule has 168 valence electrons. The molecule has 3 heterocycles. The molecule has 0 saturated carbocycles. The van der Waals surface area contributed by atoms with Crippen LogP contribution in [-0.2, 0) is 12.6 Å². The Bertz CT molecular complexity index is 1350. The molecule has 0 fully saturated rings. The van der Waals surface area contributed by atoms with Gasteiger partial charge in [0.05, 0.1) is 24.0 Å². The van der Waals surface area contributed by atoms with Gasteiger partial charge in [-0.1, -0.05) is 18.2 Å². The number of carbonyl (C=O) groups is 1. The molecule has 2 aromatic heterocycles. The van der Waals surface area contributed by atoms with E-state index in [1.165, 1.54) is 12.1 Å². The summed E-state index contributed by atoms with van der Waals surface area (Å²) >= 11 is 0. The fourth-order valence-corrected chi connectivity index (χ4v) is 4.16. The highest BCUT2D eigenvalue weighted by atomic mass is 19.4. The number of benzene rings is 2. The highest BCUT2D eigenvalue weighted by Gasteiger charge is 2.36. The number of nitrogens with zero attached hydrogens (tertiary/aromatic N) is 4. The second kappa shape index (κ2) is 7.99. The van der Waals surface area contributed by atoms with Gasteiger partial charge >= 0.3 is 6.18 Å². The molecule has 0 aliphatic carbocycles. The molecular weight excluding hydrogens is 436 g/mol. The number of hydrogen-bond acceptors (Lipinski definition) is 4. The SMILES string of the molecule is O=C(CN1CCCc2ccccc21)c1cnn2c(C(F)(F)F)cc(-c3ccc(F)cc3)nc12. The predicted octanol–water partition coefficient (Wildman–Crippen LogP) is 5.19. The van der Waals surface area contributed by atoms with Crippen LogP contribution < -0.4 is 4.90 Å². The van der Waals surface area contributed by atoms with Crippen molar-refractivity contribution in [2.75, 3.05) is 18.0 Å². The van der Waals surface area contributed by atoms with Gasteiger partial charge in [-0.15, -0.1) is 0 Å².